The molecule has 0 aliphatic carbocycles. The standard InChI is InChI=1S/C47H58N8O6.C44H54N6O4.C7H13NO4/c1-8-37(51-46(58)60-6)44(56)54-19-9-10-40(54)38-23-36(24-48-38)35-18-17-33-21-32(15-16-34(33)22-35)30-11-13-31(14-12-30)39-25-49-43(50-39)41-20-29(26-53(4)5)27-55(41)45(57)42(28(2)3)52-47(59)61-7;1-43(2,3)53-41(51)49-19-9-10-38(49)36-23-35(24-45-36)34-18-17-32-21-31(15-16-33(32)22-34)29-11-13-30(14-12-29)37-25-46-40(47-37)39-20-28(26-48(7)8)27-50(39)42(52)54-44(4,5)6;1-4(2)5(6(9)10)8-7(11)12-3/h11-18,21-22,24-25,28-29,37,40-42H,8-10,19-20,23,26-27H2,1-7H3,(H,49,50)(H,51,58)(H,52,59);11-18,21-22,24-25,28,38-39H,9-10,19-20,23,26-27H2,1-8H3,(H,46,47);4-5H,1-3H3,(H,8,11)(H,9,10)/t29-,37+,40+,41+,42+;28-,38+,39+;5-/m110/s1. The van der Waals surface area contributed by atoms with E-state index in [9.17, 15) is 38.4 Å². The SMILES string of the molecule is CC[C@H](NC(=O)OC)C(=O)N1CCC[C@H]1C1=NC=C(c2ccc3cc(-c4ccc(-c5cnc([C@@H]6C[C@H](CN(C)C)CN6C(=O)[C@@H](NC(=O)OC)C(C)C)[nH]5)cc4)ccc3c2)C1.CN(C)C[C@H]1C[C@@H](c2ncc(-c3ccc(-c4ccc5cc(C6=CN=C([C@@H]7CCCN7C(=O)OC(C)(C)C)C6)ccc5c4)cc3)[nH]2)N(C(=O)OC(C)(C)C)C1.COC(=O)N[C@H](C(=O)O)C(C)C. The van der Waals surface area contributed by atoms with Crippen LogP contribution in [0.25, 0.3) is 77.5 Å². The number of imidazole rings is 2. The van der Waals surface area contributed by atoms with Crippen LogP contribution in [-0.4, -0.2) is 244 Å². The van der Waals surface area contributed by atoms with Crippen molar-refractivity contribution in [3.8, 4) is 44.8 Å². The van der Waals surface area contributed by atoms with Crippen LogP contribution in [0.5, 0.6) is 0 Å². The van der Waals surface area contributed by atoms with E-state index in [1.54, 1.807) is 13.8 Å². The normalized spacial score (nSPS) is 19.4. The van der Waals surface area contributed by atoms with Gasteiger partial charge in [0, 0.05) is 75.9 Å². The highest BCUT2D eigenvalue weighted by atomic mass is 16.6. The maximum absolute atomic E-state index is 14.0. The fraction of sp³-hybridized carbons (Fsp3) is 0.469. The molecular weight excluding hydrogens is 1610 g/mol. The molecule has 4 saturated heterocycles. The Kier molecular flexibility index (Phi) is 30.3. The lowest BCUT2D eigenvalue weighted by Gasteiger charge is -2.30. The van der Waals surface area contributed by atoms with Crippen molar-refractivity contribution in [1.29, 1.82) is 0 Å². The minimum Gasteiger partial charge on any atom is -0.480 e. The third-order valence-electron chi connectivity index (χ3n) is 23.9. The maximum Gasteiger partial charge on any atom is 0.410 e. The summed E-state index contributed by atoms with van der Waals surface area (Å²) >= 11 is 0. The van der Waals surface area contributed by atoms with Crippen LogP contribution in [0.2, 0.25) is 0 Å². The fourth-order valence-electron chi connectivity index (χ4n) is 17.7. The number of nitrogens with one attached hydrogen (secondary N) is 5. The fourth-order valence-corrected chi connectivity index (χ4v) is 17.7. The molecule has 676 valence electrons. The van der Waals surface area contributed by atoms with Crippen LogP contribution in [0.3, 0.4) is 0 Å². The van der Waals surface area contributed by atoms with Crippen molar-refractivity contribution in [3.05, 3.63) is 169 Å². The van der Waals surface area contributed by atoms with Gasteiger partial charge in [0.1, 0.15) is 41.0 Å². The molecule has 0 saturated carbocycles. The summed E-state index contributed by atoms with van der Waals surface area (Å²) in [6.45, 7) is 24.8. The van der Waals surface area contributed by atoms with E-state index in [4.69, 9.17) is 44.0 Å². The smallest absolute Gasteiger partial charge is 0.410 e. The van der Waals surface area contributed by atoms with Gasteiger partial charge < -0.3 is 74.3 Å². The number of benzene rings is 6. The van der Waals surface area contributed by atoms with Crippen molar-refractivity contribution < 1.29 is 67.1 Å². The van der Waals surface area contributed by atoms with Crippen molar-refractivity contribution in [1.82, 2.24) is 65.3 Å². The molecule has 2 aromatic heterocycles. The Labute approximate surface area is 744 Å². The van der Waals surface area contributed by atoms with Crippen LogP contribution < -0.4 is 16.0 Å². The Morgan fingerprint density at radius 1 is 0.472 bits per heavy atom. The molecule has 0 radical (unpaired) electrons. The van der Waals surface area contributed by atoms with Crippen LogP contribution in [0.1, 0.15) is 169 Å². The van der Waals surface area contributed by atoms with Crippen molar-refractivity contribution in [2.75, 3.05) is 88.8 Å². The van der Waals surface area contributed by atoms with E-state index in [-0.39, 0.29) is 65.9 Å². The number of hydrogen-bond donors (Lipinski definition) is 6. The van der Waals surface area contributed by atoms with Gasteiger partial charge in [-0.15, -0.1) is 0 Å². The summed E-state index contributed by atoms with van der Waals surface area (Å²) in [6, 6.07) is 40.3. The number of carbonyl (C=O) groups excluding carboxylic acids is 7. The topological polar surface area (TPSA) is 341 Å². The van der Waals surface area contributed by atoms with Crippen LogP contribution in [0.4, 0.5) is 24.0 Å². The number of carbonyl (C=O) groups is 8. The quantitative estimate of drug-likeness (QED) is 0.0324. The lowest BCUT2D eigenvalue weighted by Crippen LogP contribution is -2.51. The van der Waals surface area contributed by atoms with E-state index < -0.39 is 53.6 Å². The second-order valence-electron chi connectivity index (χ2n) is 37.0. The average molecular weight is 1740 g/mol. The number of carboxylic acids is 1. The molecular formula is C98H125N15O14. The van der Waals surface area contributed by atoms with Gasteiger partial charge in [0.15, 0.2) is 0 Å². The lowest BCUT2D eigenvalue weighted by atomic mass is 9.95. The number of alkyl carbamates (subject to hydrolysis) is 3. The Bertz CT molecular complexity index is 5420. The van der Waals surface area contributed by atoms with Crippen LogP contribution in [0, 0.1) is 23.7 Å². The molecule has 0 spiro atoms. The summed E-state index contributed by atoms with van der Waals surface area (Å²) in [4.78, 5) is 137. The highest BCUT2D eigenvalue weighted by molar-refractivity contribution is 6.06. The molecule has 0 unspecified atom stereocenters. The number of likely N-dealkylation sites (tertiary alicyclic amines) is 4. The zero-order valence-electron chi connectivity index (χ0n) is 76.5. The summed E-state index contributed by atoms with van der Waals surface area (Å²) in [6.07, 6.45) is 12.2. The highest BCUT2D eigenvalue weighted by Crippen LogP contribution is 2.42. The Hall–Kier alpha value is -12.2. The molecule has 29 nitrogen and oxygen atoms in total. The van der Waals surface area contributed by atoms with E-state index in [1.807, 2.05) is 121 Å². The Balaban J connectivity index is 0.000000205. The predicted molar refractivity (Wildman–Crippen MR) is 494 cm³/mol. The largest absolute Gasteiger partial charge is 0.480 e. The van der Waals surface area contributed by atoms with E-state index in [1.165, 1.54) is 37.7 Å². The molecule has 127 heavy (non-hydrogen) atoms. The first-order valence-electron chi connectivity index (χ1n) is 44.0. The number of rotatable bonds is 23. The summed E-state index contributed by atoms with van der Waals surface area (Å²) in [7, 11) is 12.0. The number of aliphatic imine (C=N–C) groups is 2. The van der Waals surface area contributed by atoms with E-state index in [2.05, 4.69) is 176 Å². The zero-order chi connectivity index (χ0) is 91.5. The number of ether oxygens (including phenoxy) is 5. The molecule has 6 aliphatic rings. The van der Waals surface area contributed by atoms with Crippen molar-refractivity contribution in [3.63, 3.8) is 0 Å². The van der Waals surface area contributed by atoms with Gasteiger partial charge >= 0.3 is 36.4 Å². The van der Waals surface area contributed by atoms with Crippen molar-refractivity contribution >= 4 is 92.4 Å². The number of aliphatic carboxylic acids is 1. The summed E-state index contributed by atoms with van der Waals surface area (Å²) in [5.41, 5.74) is 13.7. The highest BCUT2D eigenvalue weighted by Gasteiger charge is 2.44. The molecule has 8 aromatic rings. The second-order valence-corrected chi connectivity index (χ2v) is 37.0. The molecule has 8 heterocycles. The van der Waals surface area contributed by atoms with Crippen molar-refractivity contribution in [2.24, 2.45) is 33.7 Å². The number of allylic oxidation sites excluding steroid dienone is 2. The summed E-state index contributed by atoms with van der Waals surface area (Å²) < 4.78 is 25.3. The third kappa shape index (κ3) is 23.5. The Morgan fingerprint density at radius 3 is 1.25 bits per heavy atom. The van der Waals surface area contributed by atoms with Crippen molar-refractivity contribution in [2.45, 2.75) is 187 Å². The molecule has 4 fully saturated rings. The van der Waals surface area contributed by atoms with Gasteiger partial charge in [0.25, 0.3) is 0 Å². The molecule has 6 aliphatic heterocycles. The van der Waals surface area contributed by atoms with Gasteiger partial charge in [0.05, 0.1) is 69.3 Å². The average Bonchev–Trinajstić information content (AvgIpc) is 1.72. The number of methoxy groups -OCH3 is 3. The molecule has 7 amide bonds. The first-order chi connectivity index (χ1) is 60.4. The van der Waals surface area contributed by atoms with E-state index in [0.29, 0.717) is 44.9 Å². The number of nitrogens with zero attached hydrogens (tertiary/aromatic N) is 10. The van der Waals surface area contributed by atoms with Gasteiger partial charge in [-0.25, -0.2) is 38.7 Å². The minimum atomic E-state index is -1.06. The monoisotopic (exact) mass is 1740 g/mol. The molecule has 6 aromatic carbocycles. The second kappa shape index (κ2) is 41.0. The number of hydrogen-bond acceptors (Lipinski definition) is 19. The van der Waals surface area contributed by atoms with Gasteiger partial charge in [-0.1, -0.05) is 132 Å². The summed E-state index contributed by atoms with van der Waals surface area (Å²) in [5.74, 6) is 0.511. The van der Waals surface area contributed by atoms with E-state index >= 15 is 0 Å². The number of aromatic amines is 2. The maximum atomic E-state index is 14.0. The molecule has 0 bridgehead atoms. The number of carboxylic acid groups (broad SMARTS) is 1. The van der Waals surface area contributed by atoms with Crippen LogP contribution >= 0.6 is 0 Å². The van der Waals surface area contributed by atoms with Crippen LogP contribution in [0.15, 0.2) is 156 Å². The summed E-state index contributed by atoms with van der Waals surface area (Å²) in [5, 5.41) is 20.8. The van der Waals surface area contributed by atoms with Gasteiger partial charge in [-0.05, 0) is 240 Å². The first kappa shape index (κ1) is 93.9. The predicted octanol–water partition coefficient (Wildman–Crippen LogP) is 16.8. The van der Waals surface area contributed by atoms with Gasteiger partial charge in [0.2, 0.25) is 11.8 Å². The molecule has 29 heteroatoms. The molecule has 9 atom stereocenters. The van der Waals surface area contributed by atoms with Crippen LogP contribution in [-0.2, 0) is 38.1 Å². The first-order valence-corrected chi connectivity index (χ1v) is 44.0. The minimum absolute atomic E-state index is 0.0130. The zero-order valence-corrected chi connectivity index (χ0v) is 76.5. The molecule has 14 rings (SSSR count). The number of H-pyrrole nitrogens is 2. The number of aromatic nitrogens is 4. The third-order valence-corrected chi connectivity index (χ3v) is 23.9. The van der Waals surface area contributed by atoms with E-state index in [0.717, 1.165) is 153 Å². The lowest BCUT2D eigenvalue weighted by molar-refractivity contribution is -0.140. The van der Waals surface area contributed by atoms with Gasteiger partial charge in [-0.3, -0.25) is 29.4 Å². The molecule has 6 N–H and O–H groups in total. The Morgan fingerprint density at radius 2 is 0.843 bits per heavy atom. The number of amides is 7. The number of fused-ring (bicyclic) bond motifs is 2. The van der Waals surface area contributed by atoms with Gasteiger partial charge in [-0.2, -0.15) is 0 Å².